The second kappa shape index (κ2) is 6.21. The molecule has 0 atom stereocenters. The van der Waals surface area contributed by atoms with E-state index < -0.39 is 0 Å². The average Bonchev–Trinajstić information content (AvgIpc) is 2.35. The highest BCUT2D eigenvalue weighted by molar-refractivity contribution is 6.29. The molecule has 0 saturated heterocycles. The largest absolute Gasteiger partial charge is 0.490 e. The van der Waals surface area contributed by atoms with Gasteiger partial charge in [0.05, 0.1) is 0 Å². The first-order valence-corrected chi connectivity index (χ1v) is 5.94. The molecule has 0 fully saturated rings. The van der Waals surface area contributed by atoms with Gasteiger partial charge in [0.1, 0.15) is 29.9 Å². The van der Waals surface area contributed by atoms with E-state index in [2.05, 4.69) is 9.97 Å². The normalized spacial score (nSPS) is 10.1. The molecule has 0 spiro atoms. The number of rotatable bonds is 5. The van der Waals surface area contributed by atoms with Crippen LogP contribution in [0.4, 0.5) is 0 Å². The number of nitrogens with zero attached hydrogens (tertiary/aromatic N) is 2. The van der Waals surface area contributed by atoms with Crippen molar-refractivity contribution < 1.29 is 9.47 Å². The summed E-state index contributed by atoms with van der Waals surface area (Å²) in [5.41, 5.74) is 0. The SMILES string of the molecule is Cc1nc(Cl)cc(OCCOc2ccccc2)n1. The Balaban J connectivity index is 1.78. The van der Waals surface area contributed by atoms with Crippen LogP contribution in [0.3, 0.4) is 0 Å². The lowest BCUT2D eigenvalue weighted by Gasteiger charge is -2.08. The first-order valence-electron chi connectivity index (χ1n) is 5.56. The predicted octanol–water partition coefficient (Wildman–Crippen LogP) is 2.90. The molecular formula is C13H13ClN2O2. The topological polar surface area (TPSA) is 44.2 Å². The second-order valence-electron chi connectivity index (χ2n) is 3.59. The summed E-state index contributed by atoms with van der Waals surface area (Å²) in [6.45, 7) is 2.62. The molecule has 1 heterocycles. The molecule has 0 N–H and O–H groups in total. The zero-order valence-electron chi connectivity index (χ0n) is 9.97. The highest BCUT2D eigenvalue weighted by Gasteiger charge is 2.01. The lowest BCUT2D eigenvalue weighted by molar-refractivity contribution is 0.211. The molecule has 2 aromatic rings. The Bertz CT molecular complexity index is 485. The van der Waals surface area contributed by atoms with Crippen LogP contribution in [0.25, 0.3) is 0 Å². The zero-order valence-corrected chi connectivity index (χ0v) is 10.7. The molecule has 0 saturated carbocycles. The van der Waals surface area contributed by atoms with E-state index in [1.165, 1.54) is 0 Å². The number of para-hydroxylation sites is 1. The molecular weight excluding hydrogens is 252 g/mol. The molecule has 0 unspecified atom stereocenters. The van der Waals surface area contributed by atoms with Crippen molar-refractivity contribution in [3.8, 4) is 11.6 Å². The summed E-state index contributed by atoms with van der Waals surface area (Å²) < 4.78 is 10.9. The van der Waals surface area contributed by atoms with Crippen molar-refractivity contribution in [3.05, 3.63) is 47.4 Å². The quantitative estimate of drug-likeness (QED) is 0.615. The third kappa shape index (κ3) is 3.89. The molecule has 1 aromatic heterocycles. The fraction of sp³-hybridized carbons (Fsp3) is 0.231. The maximum absolute atomic E-state index is 5.80. The minimum Gasteiger partial charge on any atom is -0.490 e. The van der Waals surface area contributed by atoms with Crippen LogP contribution >= 0.6 is 11.6 Å². The van der Waals surface area contributed by atoms with Crippen molar-refractivity contribution in [2.24, 2.45) is 0 Å². The molecule has 94 valence electrons. The monoisotopic (exact) mass is 264 g/mol. The molecule has 0 bridgehead atoms. The summed E-state index contributed by atoms with van der Waals surface area (Å²) in [6.07, 6.45) is 0. The van der Waals surface area contributed by atoms with Crippen LogP contribution in [0, 0.1) is 6.92 Å². The number of aryl methyl sites for hydroxylation is 1. The van der Waals surface area contributed by atoms with Gasteiger partial charge >= 0.3 is 0 Å². The van der Waals surface area contributed by atoms with Gasteiger partial charge in [-0.3, -0.25) is 0 Å². The Kier molecular flexibility index (Phi) is 4.36. The molecule has 0 aliphatic carbocycles. The summed E-state index contributed by atoms with van der Waals surface area (Å²) in [7, 11) is 0. The molecule has 0 aliphatic heterocycles. The lowest BCUT2D eigenvalue weighted by atomic mass is 10.3. The smallest absolute Gasteiger partial charge is 0.218 e. The maximum Gasteiger partial charge on any atom is 0.218 e. The first-order chi connectivity index (χ1) is 8.74. The summed E-state index contributed by atoms with van der Waals surface area (Å²) in [5, 5.41) is 0.376. The van der Waals surface area contributed by atoms with E-state index in [9.17, 15) is 0 Å². The first kappa shape index (κ1) is 12.6. The van der Waals surface area contributed by atoms with Gasteiger partial charge in [-0.25, -0.2) is 4.98 Å². The van der Waals surface area contributed by atoms with Crippen LogP contribution in [0.2, 0.25) is 5.15 Å². The summed E-state index contributed by atoms with van der Waals surface area (Å²) >= 11 is 5.80. The molecule has 2 rings (SSSR count). The molecule has 0 amide bonds. The van der Waals surface area contributed by atoms with Crippen LogP contribution in [0.15, 0.2) is 36.4 Å². The average molecular weight is 265 g/mol. The number of ether oxygens (including phenoxy) is 2. The molecule has 0 aliphatic rings. The molecule has 18 heavy (non-hydrogen) atoms. The molecule has 1 aromatic carbocycles. The van der Waals surface area contributed by atoms with E-state index in [0.717, 1.165) is 5.75 Å². The predicted molar refractivity (Wildman–Crippen MR) is 69.2 cm³/mol. The third-order valence-corrected chi connectivity index (χ3v) is 2.32. The van der Waals surface area contributed by atoms with Crippen molar-refractivity contribution in [1.29, 1.82) is 0 Å². The molecule has 0 radical (unpaired) electrons. The van der Waals surface area contributed by atoms with Crippen LogP contribution in [0.5, 0.6) is 11.6 Å². The van der Waals surface area contributed by atoms with Crippen LogP contribution in [0.1, 0.15) is 5.82 Å². The van der Waals surface area contributed by atoms with E-state index in [0.29, 0.717) is 30.1 Å². The number of hydrogen-bond acceptors (Lipinski definition) is 4. The second-order valence-corrected chi connectivity index (χ2v) is 3.97. The fourth-order valence-electron chi connectivity index (χ4n) is 1.40. The number of aromatic nitrogens is 2. The van der Waals surface area contributed by atoms with E-state index in [-0.39, 0.29) is 0 Å². The lowest BCUT2D eigenvalue weighted by Crippen LogP contribution is -2.10. The number of halogens is 1. The fourth-order valence-corrected chi connectivity index (χ4v) is 1.62. The standard InChI is InChI=1S/C13H13ClN2O2/c1-10-15-12(14)9-13(16-10)18-8-7-17-11-5-3-2-4-6-11/h2-6,9H,7-8H2,1H3. The van der Waals surface area contributed by atoms with Gasteiger partial charge in [-0.15, -0.1) is 0 Å². The van der Waals surface area contributed by atoms with Gasteiger partial charge in [-0.2, -0.15) is 4.98 Å². The van der Waals surface area contributed by atoms with Crippen molar-refractivity contribution in [1.82, 2.24) is 9.97 Å². The van der Waals surface area contributed by atoms with Gasteiger partial charge in [-0.1, -0.05) is 29.8 Å². The van der Waals surface area contributed by atoms with Gasteiger partial charge in [0.15, 0.2) is 0 Å². The number of benzene rings is 1. The van der Waals surface area contributed by atoms with Crippen molar-refractivity contribution in [3.63, 3.8) is 0 Å². The van der Waals surface area contributed by atoms with Crippen molar-refractivity contribution in [2.45, 2.75) is 6.92 Å². The molecule has 4 nitrogen and oxygen atoms in total. The van der Waals surface area contributed by atoms with Gasteiger partial charge in [0, 0.05) is 6.07 Å². The van der Waals surface area contributed by atoms with Crippen LogP contribution < -0.4 is 9.47 Å². The summed E-state index contributed by atoms with van der Waals surface area (Å²) in [5.74, 6) is 1.86. The van der Waals surface area contributed by atoms with E-state index in [1.807, 2.05) is 30.3 Å². The van der Waals surface area contributed by atoms with Crippen molar-refractivity contribution >= 4 is 11.6 Å². The minimum absolute atomic E-state index is 0.376. The van der Waals surface area contributed by atoms with E-state index in [4.69, 9.17) is 21.1 Å². The maximum atomic E-state index is 5.80. The highest BCUT2D eigenvalue weighted by Crippen LogP contribution is 2.13. The summed E-state index contributed by atoms with van der Waals surface area (Å²) in [6, 6.07) is 11.1. The third-order valence-electron chi connectivity index (χ3n) is 2.13. The van der Waals surface area contributed by atoms with E-state index >= 15 is 0 Å². The van der Waals surface area contributed by atoms with Gasteiger partial charge in [0.2, 0.25) is 5.88 Å². The summed E-state index contributed by atoms with van der Waals surface area (Å²) in [4.78, 5) is 8.06. The Morgan fingerprint density at radius 3 is 2.50 bits per heavy atom. The number of hydrogen-bond donors (Lipinski definition) is 0. The Labute approximate surface area is 111 Å². The zero-order chi connectivity index (χ0) is 12.8. The van der Waals surface area contributed by atoms with Crippen molar-refractivity contribution in [2.75, 3.05) is 13.2 Å². The molecule has 5 heteroatoms. The Morgan fingerprint density at radius 2 is 1.78 bits per heavy atom. The highest BCUT2D eigenvalue weighted by atomic mass is 35.5. The van der Waals surface area contributed by atoms with Gasteiger partial charge < -0.3 is 9.47 Å². The Morgan fingerprint density at radius 1 is 1.06 bits per heavy atom. The van der Waals surface area contributed by atoms with Gasteiger partial charge in [0.25, 0.3) is 0 Å². The van der Waals surface area contributed by atoms with Crippen LogP contribution in [-0.2, 0) is 0 Å². The van der Waals surface area contributed by atoms with Gasteiger partial charge in [-0.05, 0) is 19.1 Å². The Hall–Kier alpha value is -1.81. The van der Waals surface area contributed by atoms with Crippen LogP contribution in [-0.4, -0.2) is 23.2 Å². The van der Waals surface area contributed by atoms with E-state index in [1.54, 1.807) is 13.0 Å². The minimum atomic E-state index is 0.376.